The number of halogens is 1. The lowest BCUT2D eigenvalue weighted by molar-refractivity contribution is 0.812. The predicted octanol–water partition coefficient (Wildman–Crippen LogP) is 3.98. The Balaban J connectivity index is 2.14. The molecule has 0 spiro atoms. The van der Waals surface area contributed by atoms with Crippen LogP contribution in [0.2, 0.25) is 0 Å². The van der Waals surface area contributed by atoms with Gasteiger partial charge in [-0.2, -0.15) is 11.8 Å². The molecule has 1 fully saturated rings. The van der Waals surface area contributed by atoms with E-state index in [4.69, 9.17) is 0 Å². The second-order valence-corrected chi connectivity index (χ2v) is 6.07. The average molecular weight is 286 g/mol. The van der Waals surface area contributed by atoms with Crippen LogP contribution in [0.1, 0.15) is 17.5 Å². The van der Waals surface area contributed by atoms with Crippen molar-refractivity contribution >= 4 is 33.4 Å². The Kier molecular flexibility index (Phi) is 3.62. The fourth-order valence-corrected chi connectivity index (χ4v) is 3.29. The van der Waals surface area contributed by atoms with E-state index in [-0.39, 0.29) is 0 Å². The normalized spacial score (nSPS) is 20.6. The number of hydrogen-bond donors (Lipinski definition) is 1. The molecule has 1 N–H and O–H groups in total. The van der Waals surface area contributed by atoms with E-state index < -0.39 is 0 Å². The molecule has 1 unspecified atom stereocenters. The van der Waals surface area contributed by atoms with E-state index in [1.54, 1.807) is 0 Å². The highest BCUT2D eigenvalue weighted by Gasteiger charge is 2.15. The zero-order valence-corrected chi connectivity index (χ0v) is 11.5. The van der Waals surface area contributed by atoms with Crippen LogP contribution in [0.25, 0.3) is 0 Å². The summed E-state index contributed by atoms with van der Waals surface area (Å²) in [4.78, 5) is 0. The molecule has 3 heteroatoms. The second-order valence-electron chi connectivity index (χ2n) is 4.13. The third kappa shape index (κ3) is 2.70. The van der Waals surface area contributed by atoms with Crippen LogP contribution in [0.4, 0.5) is 5.69 Å². The van der Waals surface area contributed by atoms with Crippen molar-refractivity contribution in [1.82, 2.24) is 0 Å². The van der Waals surface area contributed by atoms with Crippen LogP contribution in [0.3, 0.4) is 0 Å². The molecule has 0 aromatic heterocycles. The van der Waals surface area contributed by atoms with E-state index in [0.29, 0.717) is 6.04 Å². The summed E-state index contributed by atoms with van der Waals surface area (Å²) in [6.45, 7) is 4.29. The van der Waals surface area contributed by atoms with Crippen LogP contribution >= 0.6 is 27.7 Å². The van der Waals surface area contributed by atoms with Gasteiger partial charge in [-0.05, 0) is 49.3 Å². The first-order valence-electron chi connectivity index (χ1n) is 5.28. The molecule has 0 bridgehead atoms. The highest BCUT2D eigenvalue weighted by Crippen LogP contribution is 2.27. The third-order valence-corrected chi connectivity index (χ3v) is 5.15. The Morgan fingerprint density at radius 2 is 2.00 bits per heavy atom. The molecule has 1 nitrogen and oxygen atoms in total. The molecule has 0 aliphatic carbocycles. The highest BCUT2D eigenvalue weighted by atomic mass is 79.9. The van der Waals surface area contributed by atoms with Crippen molar-refractivity contribution in [3.63, 3.8) is 0 Å². The topological polar surface area (TPSA) is 12.0 Å². The van der Waals surface area contributed by atoms with Gasteiger partial charge < -0.3 is 5.32 Å². The smallest absolute Gasteiger partial charge is 0.0359 e. The summed E-state index contributed by atoms with van der Waals surface area (Å²) in [5.41, 5.74) is 3.88. The van der Waals surface area contributed by atoms with Gasteiger partial charge in [0.15, 0.2) is 0 Å². The van der Waals surface area contributed by atoms with Crippen LogP contribution in [0.5, 0.6) is 0 Å². The van der Waals surface area contributed by atoms with Crippen LogP contribution in [-0.2, 0) is 0 Å². The summed E-state index contributed by atoms with van der Waals surface area (Å²) in [5, 5.41) is 3.61. The molecular formula is C12H16BrNS. The lowest BCUT2D eigenvalue weighted by Gasteiger charge is -2.15. The van der Waals surface area contributed by atoms with Gasteiger partial charge in [0.25, 0.3) is 0 Å². The van der Waals surface area contributed by atoms with Crippen LogP contribution < -0.4 is 5.32 Å². The zero-order chi connectivity index (χ0) is 10.8. The maximum absolute atomic E-state index is 3.61. The summed E-state index contributed by atoms with van der Waals surface area (Å²) >= 11 is 5.64. The van der Waals surface area contributed by atoms with E-state index in [1.165, 1.54) is 39.2 Å². The van der Waals surface area contributed by atoms with Gasteiger partial charge >= 0.3 is 0 Å². The molecule has 2 rings (SSSR count). The van der Waals surface area contributed by atoms with E-state index in [9.17, 15) is 0 Å². The van der Waals surface area contributed by atoms with Crippen molar-refractivity contribution in [3.05, 3.63) is 27.7 Å². The first-order valence-corrected chi connectivity index (χ1v) is 7.22. The number of hydrogen-bond acceptors (Lipinski definition) is 2. The Morgan fingerprint density at radius 1 is 1.33 bits per heavy atom. The quantitative estimate of drug-likeness (QED) is 0.882. The monoisotopic (exact) mass is 285 g/mol. The van der Waals surface area contributed by atoms with Crippen molar-refractivity contribution in [2.45, 2.75) is 26.3 Å². The zero-order valence-electron chi connectivity index (χ0n) is 9.14. The molecule has 0 amide bonds. The maximum Gasteiger partial charge on any atom is 0.0359 e. The minimum absolute atomic E-state index is 0.662. The Hall–Kier alpha value is -0.150. The summed E-state index contributed by atoms with van der Waals surface area (Å²) in [7, 11) is 0. The number of aryl methyl sites for hydroxylation is 2. The van der Waals surface area contributed by atoms with E-state index in [1.807, 2.05) is 11.8 Å². The molecule has 0 saturated carbocycles. The summed E-state index contributed by atoms with van der Waals surface area (Å²) in [6, 6.07) is 5.11. The summed E-state index contributed by atoms with van der Waals surface area (Å²) in [6.07, 6.45) is 1.29. The largest absolute Gasteiger partial charge is 0.381 e. The molecule has 1 aromatic rings. The van der Waals surface area contributed by atoms with Crippen LogP contribution in [0, 0.1) is 13.8 Å². The average Bonchev–Trinajstić information content (AvgIpc) is 2.66. The summed E-state index contributed by atoms with van der Waals surface area (Å²) < 4.78 is 1.23. The van der Waals surface area contributed by atoms with Crippen molar-refractivity contribution in [2.75, 3.05) is 16.8 Å². The number of anilines is 1. The molecule has 1 aliphatic rings. The molecule has 1 heterocycles. The number of rotatable bonds is 2. The Labute approximate surface area is 104 Å². The van der Waals surface area contributed by atoms with Gasteiger partial charge in [0.05, 0.1) is 0 Å². The van der Waals surface area contributed by atoms with Crippen LogP contribution in [-0.4, -0.2) is 17.5 Å². The second kappa shape index (κ2) is 4.79. The number of thioether (sulfide) groups is 1. The van der Waals surface area contributed by atoms with Gasteiger partial charge in [-0.3, -0.25) is 0 Å². The molecular weight excluding hydrogens is 270 g/mol. The van der Waals surface area contributed by atoms with Crippen molar-refractivity contribution in [2.24, 2.45) is 0 Å². The molecule has 1 saturated heterocycles. The fourth-order valence-electron chi connectivity index (χ4n) is 1.91. The van der Waals surface area contributed by atoms with Crippen LogP contribution in [0.15, 0.2) is 16.6 Å². The fraction of sp³-hybridized carbons (Fsp3) is 0.500. The van der Waals surface area contributed by atoms with Gasteiger partial charge in [0.2, 0.25) is 0 Å². The van der Waals surface area contributed by atoms with E-state index in [2.05, 4.69) is 47.2 Å². The maximum atomic E-state index is 3.61. The Morgan fingerprint density at radius 3 is 2.53 bits per heavy atom. The van der Waals surface area contributed by atoms with Gasteiger partial charge in [-0.1, -0.05) is 15.9 Å². The molecule has 1 aromatic carbocycles. The summed E-state index contributed by atoms with van der Waals surface area (Å²) in [5.74, 6) is 2.54. The molecule has 0 radical (unpaired) electrons. The third-order valence-electron chi connectivity index (χ3n) is 2.74. The molecule has 1 atom stereocenters. The minimum atomic E-state index is 0.662. The van der Waals surface area contributed by atoms with Gasteiger partial charge in [0.1, 0.15) is 0 Å². The number of benzene rings is 1. The van der Waals surface area contributed by atoms with E-state index >= 15 is 0 Å². The molecule has 1 aliphatic heterocycles. The van der Waals surface area contributed by atoms with Crippen molar-refractivity contribution in [3.8, 4) is 0 Å². The first kappa shape index (κ1) is 11.3. The van der Waals surface area contributed by atoms with Crippen molar-refractivity contribution in [1.29, 1.82) is 0 Å². The molecule has 82 valence electrons. The lowest BCUT2D eigenvalue weighted by Crippen LogP contribution is -2.18. The predicted molar refractivity (Wildman–Crippen MR) is 73.0 cm³/mol. The minimum Gasteiger partial charge on any atom is -0.381 e. The van der Waals surface area contributed by atoms with Gasteiger partial charge in [-0.25, -0.2) is 0 Å². The standard InChI is InChI=1S/C12H16BrNS/c1-8-5-11(6-9(2)12(8)13)14-10-3-4-15-7-10/h5-6,10,14H,3-4,7H2,1-2H3. The first-order chi connectivity index (χ1) is 7.16. The van der Waals surface area contributed by atoms with Gasteiger partial charge in [0, 0.05) is 22.0 Å². The highest BCUT2D eigenvalue weighted by molar-refractivity contribution is 9.10. The van der Waals surface area contributed by atoms with E-state index in [0.717, 1.165) is 0 Å². The van der Waals surface area contributed by atoms with Gasteiger partial charge in [-0.15, -0.1) is 0 Å². The number of nitrogens with one attached hydrogen (secondary N) is 1. The lowest BCUT2D eigenvalue weighted by atomic mass is 10.1. The molecule has 15 heavy (non-hydrogen) atoms. The SMILES string of the molecule is Cc1cc(NC2CCSC2)cc(C)c1Br. The van der Waals surface area contributed by atoms with Crippen molar-refractivity contribution < 1.29 is 0 Å². The Bertz CT molecular complexity index is 336.